The summed E-state index contributed by atoms with van der Waals surface area (Å²) in [5.74, 6) is -0.594. The molecule has 1 heterocycles. The van der Waals surface area contributed by atoms with Gasteiger partial charge in [-0.25, -0.2) is 4.39 Å². The molecule has 0 fully saturated rings. The van der Waals surface area contributed by atoms with Crippen LogP contribution in [0.4, 0.5) is 4.39 Å². The number of nitrogens with zero attached hydrogens (tertiary/aromatic N) is 1. The van der Waals surface area contributed by atoms with Crippen LogP contribution in [0.3, 0.4) is 0 Å². The van der Waals surface area contributed by atoms with Crippen molar-refractivity contribution in [1.29, 1.82) is 0 Å². The maximum atomic E-state index is 12.9. The Morgan fingerprint density at radius 2 is 1.80 bits per heavy atom. The summed E-state index contributed by atoms with van der Waals surface area (Å²) in [4.78, 5) is 22.2. The number of halogens is 1. The molecular formula is C10H6FNO3. The van der Waals surface area contributed by atoms with E-state index in [2.05, 4.69) is 0 Å². The Labute approximate surface area is 82.8 Å². The highest BCUT2D eigenvalue weighted by molar-refractivity contribution is 5.77. The van der Waals surface area contributed by atoms with Crippen molar-refractivity contribution in [2.75, 3.05) is 0 Å². The molecule has 0 radical (unpaired) electrons. The third-order valence-corrected chi connectivity index (χ3v) is 2.04. The van der Waals surface area contributed by atoms with Crippen molar-refractivity contribution in [3.8, 4) is 0 Å². The number of benzene rings is 1. The Hall–Kier alpha value is -2.17. The molecule has 0 unspecified atom stereocenters. The fourth-order valence-corrected chi connectivity index (χ4v) is 1.29. The standard InChI is InChI=1S/C10H6FNO3/c11-7-3-1-6-2-4-9(13)10(14)12(15)8(6)5-7/h1-5,15H. The van der Waals surface area contributed by atoms with Crippen molar-refractivity contribution in [1.82, 2.24) is 4.73 Å². The van der Waals surface area contributed by atoms with Crippen molar-refractivity contribution in [3.63, 3.8) is 0 Å². The SMILES string of the molecule is O=c1ccc2ccc(F)cc2n(O)c1=O. The summed E-state index contributed by atoms with van der Waals surface area (Å²) < 4.78 is 13.0. The molecule has 0 bridgehead atoms. The molecule has 1 aromatic heterocycles. The van der Waals surface area contributed by atoms with Gasteiger partial charge in [0, 0.05) is 11.5 Å². The van der Waals surface area contributed by atoms with Gasteiger partial charge in [-0.2, -0.15) is 0 Å². The molecule has 76 valence electrons. The van der Waals surface area contributed by atoms with Crippen molar-refractivity contribution in [2.24, 2.45) is 0 Å². The molecular weight excluding hydrogens is 201 g/mol. The Balaban J connectivity index is 3.12. The normalized spacial score (nSPS) is 10.5. The molecule has 0 aliphatic rings. The molecule has 4 nitrogen and oxygen atoms in total. The highest BCUT2D eigenvalue weighted by Gasteiger charge is 2.03. The van der Waals surface area contributed by atoms with Gasteiger partial charge in [0.1, 0.15) is 5.82 Å². The molecule has 0 aliphatic carbocycles. The Bertz CT molecular complexity index is 648. The highest BCUT2D eigenvalue weighted by atomic mass is 19.1. The van der Waals surface area contributed by atoms with Gasteiger partial charge in [-0.3, -0.25) is 9.59 Å². The zero-order valence-electron chi connectivity index (χ0n) is 7.48. The van der Waals surface area contributed by atoms with Crippen LogP contribution in [0.15, 0.2) is 39.9 Å². The summed E-state index contributed by atoms with van der Waals surface area (Å²) in [6, 6.07) is 5.92. The molecule has 1 aromatic carbocycles. The second kappa shape index (κ2) is 3.20. The third kappa shape index (κ3) is 1.48. The molecule has 2 aromatic rings. The van der Waals surface area contributed by atoms with Crippen LogP contribution in [0.2, 0.25) is 0 Å². The fraction of sp³-hybridized carbons (Fsp3) is 0. The second-order valence-electron chi connectivity index (χ2n) is 3.02. The maximum absolute atomic E-state index is 12.9. The van der Waals surface area contributed by atoms with E-state index >= 15 is 0 Å². The Kier molecular flexibility index (Phi) is 2.00. The number of aromatic nitrogens is 1. The lowest BCUT2D eigenvalue weighted by atomic mass is 10.2. The molecule has 15 heavy (non-hydrogen) atoms. The van der Waals surface area contributed by atoms with Gasteiger partial charge in [-0.15, -0.1) is 4.73 Å². The molecule has 5 heteroatoms. The van der Waals surface area contributed by atoms with Gasteiger partial charge in [0.2, 0.25) is 5.43 Å². The zero-order chi connectivity index (χ0) is 11.0. The summed E-state index contributed by atoms with van der Waals surface area (Å²) in [6.45, 7) is 0. The lowest BCUT2D eigenvalue weighted by Gasteiger charge is -1.96. The largest absolute Gasteiger partial charge is 0.425 e. The van der Waals surface area contributed by atoms with Gasteiger partial charge in [0.05, 0.1) is 5.52 Å². The van der Waals surface area contributed by atoms with Crippen LogP contribution in [-0.4, -0.2) is 9.94 Å². The summed E-state index contributed by atoms with van der Waals surface area (Å²) >= 11 is 0. The minimum absolute atomic E-state index is 0.0397. The molecule has 2 rings (SSSR count). The summed E-state index contributed by atoms with van der Waals surface area (Å²) in [5.41, 5.74) is -1.99. The molecule has 0 aliphatic heterocycles. The predicted octanol–water partition coefficient (Wildman–Crippen LogP) is 0.738. The third-order valence-electron chi connectivity index (χ3n) is 2.04. The van der Waals surface area contributed by atoms with Gasteiger partial charge in [-0.1, -0.05) is 0 Å². The first-order valence-corrected chi connectivity index (χ1v) is 4.14. The lowest BCUT2D eigenvalue weighted by molar-refractivity contribution is 0.188. The van der Waals surface area contributed by atoms with E-state index in [1.165, 1.54) is 18.2 Å². The molecule has 0 saturated carbocycles. The molecule has 0 amide bonds. The van der Waals surface area contributed by atoms with Crippen LogP contribution >= 0.6 is 0 Å². The second-order valence-corrected chi connectivity index (χ2v) is 3.02. The van der Waals surface area contributed by atoms with Crippen LogP contribution in [-0.2, 0) is 0 Å². The predicted molar refractivity (Wildman–Crippen MR) is 51.6 cm³/mol. The maximum Gasteiger partial charge on any atom is 0.331 e. The van der Waals surface area contributed by atoms with Crippen molar-refractivity contribution in [3.05, 3.63) is 56.7 Å². The highest BCUT2D eigenvalue weighted by Crippen LogP contribution is 2.10. The summed E-state index contributed by atoms with van der Waals surface area (Å²) in [5, 5.41) is 9.76. The van der Waals surface area contributed by atoms with Crippen LogP contribution < -0.4 is 11.0 Å². The smallest absolute Gasteiger partial charge is 0.331 e. The number of fused-ring (bicyclic) bond motifs is 1. The number of hydrogen-bond donors (Lipinski definition) is 1. The topological polar surface area (TPSA) is 59.3 Å². The van der Waals surface area contributed by atoms with E-state index < -0.39 is 16.8 Å². The Morgan fingerprint density at radius 1 is 1.13 bits per heavy atom. The van der Waals surface area contributed by atoms with Crippen LogP contribution in [0.25, 0.3) is 10.9 Å². The van der Waals surface area contributed by atoms with E-state index in [1.807, 2.05) is 0 Å². The minimum atomic E-state index is -1.10. The van der Waals surface area contributed by atoms with Crippen LogP contribution in [0, 0.1) is 5.82 Å². The van der Waals surface area contributed by atoms with Gasteiger partial charge < -0.3 is 5.21 Å². The van der Waals surface area contributed by atoms with Crippen molar-refractivity contribution in [2.45, 2.75) is 0 Å². The van der Waals surface area contributed by atoms with E-state index in [0.29, 0.717) is 5.39 Å². The number of hydrogen-bond acceptors (Lipinski definition) is 3. The molecule has 0 spiro atoms. The monoisotopic (exact) mass is 207 g/mol. The Morgan fingerprint density at radius 3 is 2.53 bits per heavy atom. The quantitative estimate of drug-likeness (QED) is 0.512. The van der Waals surface area contributed by atoms with E-state index in [1.54, 1.807) is 0 Å². The molecule has 0 saturated heterocycles. The lowest BCUT2D eigenvalue weighted by Crippen LogP contribution is -2.29. The van der Waals surface area contributed by atoms with Gasteiger partial charge >= 0.3 is 5.56 Å². The molecule has 1 N–H and O–H groups in total. The van der Waals surface area contributed by atoms with Gasteiger partial charge in [0.15, 0.2) is 0 Å². The first-order valence-electron chi connectivity index (χ1n) is 4.14. The first kappa shape index (κ1) is 9.39. The summed E-state index contributed by atoms with van der Waals surface area (Å²) in [6.07, 6.45) is 0. The zero-order valence-corrected chi connectivity index (χ0v) is 7.48. The average Bonchev–Trinajstić information content (AvgIpc) is 2.32. The van der Waals surface area contributed by atoms with Crippen LogP contribution in [0.1, 0.15) is 0 Å². The average molecular weight is 207 g/mol. The van der Waals surface area contributed by atoms with Crippen molar-refractivity contribution >= 4 is 10.9 Å². The van der Waals surface area contributed by atoms with E-state index in [-0.39, 0.29) is 10.2 Å². The molecule has 0 atom stereocenters. The van der Waals surface area contributed by atoms with E-state index in [0.717, 1.165) is 12.1 Å². The number of rotatable bonds is 0. The minimum Gasteiger partial charge on any atom is -0.425 e. The van der Waals surface area contributed by atoms with E-state index in [9.17, 15) is 19.2 Å². The van der Waals surface area contributed by atoms with Crippen molar-refractivity contribution < 1.29 is 9.60 Å². The summed E-state index contributed by atoms with van der Waals surface area (Å²) in [7, 11) is 0. The van der Waals surface area contributed by atoms with Gasteiger partial charge in [-0.05, 0) is 24.3 Å². The van der Waals surface area contributed by atoms with Crippen LogP contribution in [0.5, 0.6) is 0 Å². The fourth-order valence-electron chi connectivity index (χ4n) is 1.29. The van der Waals surface area contributed by atoms with Gasteiger partial charge in [0.25, 0.3) is 0 Å². The first-order chi connectivity index (χ1) is 7.09. The van der Waals surface area contributed by atoms with E-state index in [4.69, 9.17) is 0 Å².